The van der Waals surface area contributed by atoms with Gasteiger partial charge in [-0.15, -0.1) is 0 Å². The van der Waals surface area contributed by atoms with Crippen LogP contribution in [0.15, 0.2) is 30.5 Å². The second kappa shape index (κ2) is 6.54. The fourth-order valence-electron chi connectivity index (χ4n) is 2.84. The molecule has 1 unspecified atom stereocenters. The van der Waals surface area contributed by atoms with Gasteiger partial charge < -0.3 is 5.32 Å². The van der Waals surface area contributed by atoms with E-state index in [9.17, 15) is 0 Å². The van der Waals surface area contributed by atoms with Gasteiger partial charge in [0.2, 0.25) is 0 Å². The maximum absolute atomic E-state index is 6.05. The van der Waals surface area contributed by atoms with Crippen LogP contribution in [0.4, 0.5) is 0 Å². The molecule has 4 heteroatoms. The van der Waals surface area contributed by atoms with Crippen molar-refractivity contribution < 1.29 is 0 Å². The Bertz CT molecular complexity index is 627. The molecule has 0 radical (unpaired) electrons. The van der Waals surface area contributed by atoms with Crippen molar-refractivity contribution in [3.05, 3.63) is 46.7 Å². The van der Waals surface area contributed by atoms with Crippen molar-refractivity contribution in [3.8, 4) is 11.4 Å². The zero-order chi connectivity index (χ0) is 14.7. The smallest absolute Gasteiger partial charge is 0.159 e. The highest BCUT2D eigenvalue weighted by molar-refractivity contribution is 6.30. The number of aryl methyl sites for hydroxylation is 1. The van der Waals surface area contributed by atoms with Gasteiger partial charge in [0.25, 0.3) is 0 Å². The van der Waals surface area contributed by atoms with Crippen LogP contribution in [0.2, 0.25) is 5.02 Å². The Morgan fingerprint density at radius 1 is 1.38 bits per heavy atom. The van der Waals surface area contributed by atoms with Crippen molar-refractivity contribution in [1.82, 2.24) is 15.3 Å². The predicted molar refractivity (Wildman–Crippen MR) is 86.5 cm³/mol. The van der Waals surface area contributed by atoms with Crippen LogP contribution < -0.4 is 5.32 Å². The molecule has 0 fully saturated rings. The lowest BCUT2D eigenvalue weighted by molar-refractivity contribution is 0.454. The number of halogens is 1. The van der Waals surface area contributed by atoms with E-state index < -0.39 is 0 Å². The third-order valence-corrected chi connectivity index (χ3v) is 4.14. The quantitative estimate of drug-likeness (QED) is 0.921. The first kappa shape index (κ1) is 14.5. The zero-order valence-corrected chi connectivity index (χ0v) is 13.0. The second-order valence-electron chi connectivity index (χ2n) is 5.50. The maximum Gasteiger partial charge on any atom is 0.159 e. The van der Waals surface area contributed by atoms with Crippen molar-refractivity contribution in [2.45, 2.75) is 38.6 Å². The molecule has 0 saturated heterocycles. The van der Waals surface area contributed by atoms with E-state index in [1.54, 1.807) is 0 Å². The van der Waals surface area contributed by atoms with Gasteiger partial charge >= 0.3 is 0 Å². The number of aromatic nitrogens is 2. The van der Waals surface area contributed by atoms with Crippen molar-refractivity contribution in [2.24, 2.45) is 0 Å². The van der Waals surface area contributed by atoms with Crippen LogP contribution in [0.1, 0.15) is 43.5 Å². The Kier molecular flexibility index (Phi) is 4.51. The molecule has 21 heavy (non-hydrogen) atoms. The fraction of sp³-hybridized carbons (Fsp3) is 0.412. The molecular weight excluding hydrogens is 282 g/mol. The number of benzene rings is 1. The maximum atomic E-state index is 6.05. The average Bonchev–Trinajstić information content (AvgIpc) is 2.52. The van der Waals surface area contributed by atoms with E-state index in [0.717, 1.165) is 35.8 Å². The van der Waals surface area contributed by atoms with Gasteiger partial charge in [0.05, 0.1) is 0 Å². The topological polar surface area (TPSA) is 37.8 Å². The summed E-state index contributed by atoms with van der Waals surface area (Å²) < 4.78 is 0. The summed E-state index contributed by atoms with van der Waals surface area (Å²) in [6.07, 6.45) is 6.53. The monoisotopic (exact) mass is 301 g/mol. The summed E-state index contributed by atoms with van der Waals surface area (Å²) in [6.45, 7) is 3.23. The first-order chi connectivity index (χ1) is 10.3. The Hall–Kier alpha value is -1.45. The summed E-state index contributed by atoms with van der Waals surface area (Å²) in [5.74, 6) is 0.771. The van der Waals surface area contributed by atoms with Gasteiger partial charge in [-0.3, -0.25) is 0 Å². The lowest BCUT2D eigenvalue weighted by atomic mass is 9.92. The lowest BCUT2D eigenvalue weighted by Gasteiger charge is -2.25. The molecule has 0 aliphatic heterocycles. The largest absolute Gasteiger partial charge is 0.310 e. The van der Waals surface area contributed by atoms with Crippen LogP contribution in [0.3, 0.4) is 0 Å². The molecule has 0 bridgehead atoms. The minimum absolute atomic E-state index is 0.405. The zero-order valence-electron chi connectivity index (χ0n) is 12.3. The Morgan fingerprint density at radius 2 is 2.29 bits per heavy atom. The number of hydrogen-bond donors (Lipinski definition) is 1. The summed E-state index contributed by atoms with van der Waals surface area (Å²) in [5.41, 5.74) is 3.43. The van der Waals surface area contributed by atoms with Gasteiger partial charge in [0.1, 0.15) is 0 Å². The molecule has 1 heterocycles. The van der Waals surface area contributed by atoms with Crippen LogP contribution in [0.25, 0.3) is 11.4 Å². The molecule has 1 atom stereocenters. The van der Waals surface area contributed by atoms with Gasteiger partial charge in [-0.1, -0.05) is 30.7 Å². The summed E-state index contributed by atoms with van der Waals surface area (Å²) in [7, 11) is 0. The molecule has 110 valence electrons. The van der Waals surface area contributed by atoms with E-state index in [1.807, 2.05) is 30.5 Å². The molecule has 3 nitrogen and oxygen atoms in total. The van der Waals surface area contributed by atoms with Crippen LogP contribution in [0, 0.1) is 0 Å². The van der Waals surface area contributed by atoms with Crippen LogP contribution >= 0.6 is 11.6 Å². The van der Waals surface area contributed by atoms with Crippen molar-refractivity contribution in [1.29, 1.82) is 0 Å². The second-order valence-corrected chi connectivity index (χ2v) is 5.94. The lowest BCUT2D eigenvalue weighted by Crippen LogP contribution is -2.26. The Labute approximate surface area is 130 Å². The molecule has 1 aliphatic carbocycles. The van der Waals surface area contributed by atoms with Gasteiger partial charge in [-0.25, -0.2) is 9.97 Å². The molecule has 1 aromatic heterocycles. The number of rotatable bonds is 4. The molecule has 0 saturated carbocycles. The highest BCUT2D eigenvalue weighted by Crippen LogP contribution is 2.29. The first-order valence-corrected chi connectivity index (χ1v) is 8.01. The molecule has 0 spiro atoms. The summed E-state index contributed by atoms with van der Waals surface area (Å²) in [6, 6.07) is 8.13. The number of nitrogens with one attached hydrogen (secondary N) is 1. The number of fused-ring (bicyclic) bond motifs is 1. The number of nitrogens with zero attached hydrogens (tertiary/aromatic N) is 2. The van der Waals surface area contributed by atoms with E-state index in [4.69, 9.17) is 16.6 Å². The summed E-state index contributed by atoms with van der Waals surface area (Å²) in [4.78, 5) is 9.33. The highest BCUT2D eigenvalue weighted by atomic mass is 35.5. The molecule has 1 aliphatic rings. The van der Waals surface area contributed by atoms with E-state index in [0.29, 0.717) is 6.04 Å². The molecule has 0 amide bonds. The normalized spacial score (nSPS) is 17.5. The molecular formula is C17H20ClN3. The minimum Gasteiger partial charge on any atom is -0.310 e. The third-order valence-electron chi connectivity index (χ3n) is 3.91. The fourth-order valence-corrected chi connectivity index (χ4v) is 3.03. The molecule has 3 rings (SSSR count). The summed E-state index contributed by atoms with van der Waals surface area (Å²) in [5, 5.41) is 4.31. The Morgan fingerprint density at radius 3 is 3.10 bits per heavy atom. The molecule has 1 N–H and O–H groups in total. The van der Waals surface area contributed by atoms with E-state index in [1.165, 1.54) is 24.1 Å². The van der Waals surface area contributed by atoms with Crippen LogP contribution in [-0.2, 0) is 6.42 Å². The van der Waals surface area contributed by atoms with Crippen LogP contribution in [0.5, 0.6) is 0 Å². The van der Waals surface area contributed by atoms with Gasteiger partial charge in [-0.2, -0.15) is 0 Å². The third kappa shape index (κ3) is 3.25. The number of hydrogen-bond acceptors (Lipinski definition) is 3. The molecule has 2 aromatic rings. The minimum atomic E-state index is 0.405. The van der Waals surface area contributed by atoms with Crippen LogP contribution in [-0.4, -0.2) is 16.5 Å². The Balaban J connectivity index is 1.90. The standard InChI is InChI=1S/C17H20ClN3/c1-2-9-19-15-7-4-8-16-14(15)11-20-17(21-16)12-5-3-6-13(18)10-12/h3,5-6,10-11,15,19H,2,4,7-9H2,1H3. The van der Waals surface area contributed by atoms with Crippen molar-refractivity contribution in [3.63, 3.8) is 0 Å². The first-order valence-electron chi connectivity index (χ1n) is 7.63. The van der Waals surface area contributed by atoms with Gasteiger partial charge in [0.15, 0.2) is 5.82 Å². The van der Waals surface area contributed by atoms with E-state index in [2.05, 4.69) is 17.2 Å². The predicted octanol–water partition coefficient (Wildman–Crippen LogP) is 4.17. The van der Waals surface area contributed by atoms with Gasteiger partial charge in [-0.05, 0) is 44.4 Å². The van der Waals surface area contributed by atoms with E-state index >= 15 is 0 Å². The highest BCUT2D eigenvalue weighted by Gasteiger charge is 2.21. The van der Waals surface area contributed by atoms with Crippen molar-refractivity contribution >= 4 is 11.6 Å². The average molecular weight is 302 g/mol. The van der Waals surface area contributed by atoms with Gasteiger partial charge in [0, 0.05) is 34.1 Å². The SMILES string of the molecule is CCCNC1CCCc2nc(-c3cccc(Cl)c3)ncc21. The molecule has 1 aromatic carbocycles. The van der Waals surface area contributed by atoms with E-state index in [-0.39, 0.29) is 0 Å². The van der Waals surface area contributed by atoms with Crippen molar-refractivity contribution in [2.75, 3.05) is 6.54 Å². The summed E-state index contributed by atoms with van der Waals surface area (Å²) >= 11 is 6.05.